The van der Waals surface area contributed by atoms with E-state index in [1.165, 1.54) is 43.4 Å². The van der Waals surface area contributed by atoms with E-state index in [-0.39, 0.29) is 0 Å². The third-order valence-electron chi connectivity index (χ3n) is 10.00. The fraction of sp³-hybridized carbons (Fsp3) is 0. The number of nitrogens with zero attached hydrogens (tertiary/aromatic N) is 1. The number of hydrogen-bond acceptors (Lipinski definition) is 2. The lowest BCUT2D eigenvalue weighted by molar-refractivity contribution is 0.669. The van der Waals surface area contributed by atoms with Crippen LogP contribution in [0.3, 0.4) is 0 Å². The van der Waals surface area contributed by atoms with Crippen molar-refractivity contribution in [1.82, 2.24) is 0 Å². The van der Waals surface area contributed by atoms with Gasteiger partial charge in [0.15, 0.2) is 0 Å². The Balaban J connectivity index is 1.12. The second-order valence-corrected chi connectivity index (χ2v) is 13.0. The summed E-state index contributed by atoms with van der Waals surface area (Å²) in [6.45, 7) is 0. The summed E-state index contributed by atoms with van der Waals surface area (Å²) >= 11 is 0. The van der Waals surface area contributed by atoms with Crippen molar-refractivity contribution in [2.45, 2.75) is 0 Å². The monoisotopic (exact) mass is 637 g/mol. The maximum atomic E-state index is 6.42. The number of furan rings is 1. The van der Waals surface area contributed by atoms with Gasteiger partial charge < -0.3 is 9.32 Å². The SMILES string of the molecule is c1ccc(-c2cccc(N(c3ccc(-c4ccc5c(c4)oc4cc6ccccc6cc45)cc3)c3cc4ccccc4c4ccccc34)c2)cc1. The van der Waals surface area contributed by atoms with E-state index in [0.717, 1.165) is 50.1 Å². The molecule has 0 saturated carbocycles. The van der Waals surface area contributed by atoms with Crippen molar-refractivity contribution < 1.29 is 4.42 Å². The molecule has 10 rings (SSSR count). The van der Waals surface area contributed by atoms with Crippen LogP contribution in [-0.4, -0.2) is 0 Å². The predicted octanol–water partition coefficient (Wildman–Crippen LogP) is 13.8. The third-order valence-corrected chi connectivity index (χ3v) is 10.00. The largest absolute Gasteiger partial charge is 0.456 e. The number of anilines is 3. The maximum Gasteiger partial charge on any atom is 0.136 e. The van der Waals surface area contributed by atoms with Gasteiger partial charge in [0.25, 0.3) is 0 Å². The average molecular weight is 638 g/mol. The highest BCUT2D eigenvalue weighted by Crippen LogP contribution is 2.43. The molecule has 0 aliphatic rings. The molecule has 0 spiro atoms. The van der Waals surface area contributed by atoms with Crippen molar-refractivity contribution in [3.05, 3.63) is 188 Å². The van der Waals surface area contributed by atoms with Crippen LogP contribution in [-0.2, 0) is 0 Å². The molecule has 234 valence electrons. The second-order valence-electron chi connectivity index (χ2n) is 13.0. The van der Waals surface area contributed by atoms with Gasteiger partial charge in [-0.3, -0.25) is 0 Å². The minimum Gasteiger partial charge on any atom is -0.456 e. The first-order chi connectivity index (χ1) is 24.8. The Morgan fingerprint density at radius 2 is 0.900 bits per heavy atom. The zero-order valence-electron chi connectivity index (χ0n) is 27.3. The lowest BCUT2D eigenvalue weighted by Gasteiger charge is -2.28. The van der Waals surface area contributed by atoms with Gasteiger partial charge in [-0.2, -0.15) is 0 Å². The van der Waals surface area contributed by atoms with Gasteiger partial charge >= 0.3 is 0 Å². The molecule has 0 bridgehead atoms. The minimum absolute atomic E-state index is 0.902. The van der Waals surface area contributed by atoms with Crippen molar-refractivity contribution in [3.63, 3.8) is 0 Å². The van der Waals surface area contributed by atoms with Crippen LogP contribution in [0, 0.1) is 0 Å². The van der Waals surface area contributed by atoms with E-state index in [2.05, 4.69) is 193 Å². The zero-order chi connectivity index (χ0) is 33.0. The summed E-state index contributed by atoms with van der Waals surface area (Å²) in [6, 6.07) is 67.6. The molecular weight excluding hydrogens is 607 g/mol. The van der Waals surface area contributed by atoms with E-state index in [9.17, 15) is 0 Å². The van der Waals surface area contributed by atoms with Crippen LogP contribution in [0.1, 0.15) is 0 Å². The van der Waals surface area contributed by atoms with Gasteiger partial charge in [-0.15, -0.1) is 0 Å². The smallest absolute Gasteiger partial charge is 0.136 e. The molecule has 1 aromatic heterocycles. The third kappa shape index (κ3) is 4.73. The Hall–Kier alpha value is -6.64. The van der Waals surface area contributed by atoms with Crippen molar-refractivity contribution in [2.75, 3.05) is 4.90 Å². The van der Waals surface area contributed by atoms with Crippen molar-refractivity contribution in [2.24, 2.45) is 0 Å². The molecule has 50 heavy (non-hydrogen) atoms. The van der Waals surface area contributed by atoms with E-state index in [0.29, 0.717) is 0 Å². The molecule has 0 N–H and O–H groups in total. The molecular formula is C48H31NO. The summed E-state index contributed by atoms with van der Waals surface area (Å²) in [5.74, 6) is 0. The van der Waals surface area contributed by atoms with E-state index < -0.39 is 0 Å². The molecule has 0 amide bonds. The number of benzene rings is 9. The molecule has 1 heterocycles. The molecule has 0 saturated heterocycles. The molecule has 2 heteroatoms. The summed E-state index contributed by atoms with van der Waals surface area (Å²) in [7, 11) is 0. The van der Waals surface area contributed by atoms with Gasteiger partial charge in [0, 0.05) is 27.5 Å². The Morgan fingerprint density at radius 1 is 0.300 bits per heavy atom. The van der Waals surface area contributed by atoms with Gasteiger partial charge in [-0.25, -0.2) is 0 Å². The van der Waals surface area contributed by atoms with Crippen LogP contribution in [0.4, 0.5) is 17.1 Å². The van der Waals surface area contributed by atoms with Crippen LogP contribution in [0.2, 0.25) is 0 Å². The molecule has 0 unspecified atom stereocenters. The Bertz CT molecular complexity index is 2870. The molecule has 0 fully saturated rings. The topological polar surface area (TPSA) is 16.4 Å². The standard InChI is InChI=1S/C48H31NO/c1-2-11-32(12-3-1)34-16-10-17-40(27-34)49(46-29-38-15-6-7-18-41(38)42-19-8-9-20-43(42)46)39-24-21-33(22-25-39)37-23-26-44-45-28-35-13-4-5-14-36(35)30-48(45)50-47(44)31-37/h1-31H. The molecule has 0 atom stereocenters. The summed E-state index contributed by atoms with van der Waals surface area (Å²) < 4.78 is 6.42. The number of rotatable bonds is 5. The normalized spacial score (nSPS) is 11.6. The first-order valence-electron chi connectivity index (χ1n) is 17.1. The summed E-state index contributed by atoms with van der Waals surface area (Å²) in [5, 5.41) is 9.63. The summed E-state index contributed by atoms with van der Waals surface area (Å²) in [5.41, 5.74) is 9.81. The average Bonchev–Trinajstić information content (AvgIpc) is 3.54. The number of fused-ring (bicyclic) bond motifs is 7. The van der Waals surface area contributed by atoms with Crippen molar-refractivity contribution in [3.8, 4) is 22.3 Å². The molecule has 2 nitrogen and oxygen atoms in total. The molecule has 10 aromatic rings. The highest BCUT2D eigenvalue weighted by Gasteiger charge is 2.18. The van der Waals surface area contributed by atoms with Crippen molar-refractivity contribution >= 4 is 71.3 Å². The first-order valence-corrected chi connectivity index (χ1v) is 17.1. The van der Waals surface area contributed by atoms with Gasteiger partial charge in [-0.1, -0.05) is 133 Å². The Labute approximate surface area is 290 Å². The van der Waals surface area contributed by atoms with E-state index in [4.69, 9.17) is 4.42 Å². The van der Waals surface area contributed by atoms with Gasteiger partial charge in [0.05, 0.1) is 5.69 Å². The van der Waals surface area contributed by atoms with Crippen LogP contribution in [0.25, 0.3) is 76.5 Å². The van der Waals surface area contributed by atoms with Gasteiger partial charge in [0.2, 0.25) is 0 Å². The fourth-order valence-corrected chi connectivity index (χ4v) is 7.55. The summed E-state index contributed by atoms with van der Waals surface area (Å²) in [4.78, 5) is 2.40. The van der Waals surface area contributed by atoms with Crippen LogP contribution in [0.15, 0.2) is 192 Å². The lowest BCUT2D eigenvalue weighted by Crippen LogP contribution is -2.10. The maximum absolute atomic E-state index is 6.42. The summed E-state index contributed by atoms with van der Waals surface area (Å²) in [6.07, 6.45) is 0. The zero-order valence-corrected chi connectivity index (χ0v) is 27.3. The predicted molar refractivity (Wildman–Crippen MR) is 212 cm³/mol. The quantitative estimate of drug-likeness (QED) is 0.175. The van der Waals surface area contributed by atoms with Crippen LogP contribution >= 0.6 is 0 Å². The first kappa shape index (κ1) is 28.4. The van der Waals surface area contributed by atoms with Gasteiger partial charge in [-0.05, 0) is 104 Å². The molecule has 0 aliphatic carbocycles. The van der Waals surface area contributed by atoms with E-state index in [1.807, 2.05) is 0 Å². The highest BCUT2D eigenvalue weighted by atomic mass is 16.3. The highest BCUT2D eigenvalue weighted by molar-refractivity contribution is 6.15. The van der Waals surface area contributed by atoms with E-state index >= 15 is 0 Å². The Kier molecular flexibility index (Phi) is 6.53. The Morgan fingerprint density at radius 3 is 1.72 bits per heavy atom. The molecule has 9 aromatic carbocycles. The van der Waals surface area contributed by atoms with E-state index in [1.54, 1.807) is 0 Å². The molecule has 0 radical (unpaired) electrons. The number of hydrogen-bond donors (Lipinski definition) is 0. The fourth-order valence-electron chi connectivity index (χ4n) is 7.55. The van der Waals surface area contributed by atoms with Gasteiger partial charge in [0.1, 0.15) is 11.2 Å². The van der Waals surface area contributed by atoms with Crippen LogP contribution in [0.5, 0.6) is 0 Å². The molecule has 0 aliphatic heterocycles. The second kappa shape index (κ2) is 11.5. The van der Waals surface area contributed by atoms with Crippen LogP contribution < -0.4 is 4.90 Å². The van der Waals surface area contributed by atoms with Crippen molar-refractivity contribution in [1.29, 1.82) is 0 Å². The minimum atomic E-state index is 0.902. The lowest BCUT2D eigenvalue weighted by atomic mass is 9.98.